The topological polar surface area (TPSA) is 138 Å². The van der Waals surface area contributed by atoms with Crippen LogP contribution in [-0.2, 0) is 28.2 Å². The quantitative estimate of drug-likeness (QED) is 0.401. The van der Waals surface area contributed by atoms with Gasteiger partial charge in [-0.1, -0.05) is 13.8 Å². The van der Waals surface area contributed by atoms with Crippen molar-refractivity contribution in [3.63, 3.8) is 0 Å². The molecule has 0 saturated heterocycles. The molecule has 14 heteroatoms. The summed E-state index contributed by atoms with van der Waals surface area (Å²) < 4.78 is 60.1. The van der Waals surface area contributed by atoms with Crippen LogP contribution in [0.2, 0.25) is 0 Å². The van der Waals surface area contributed by atoms with E-state index >= 15 is 0 Å². The average Bonchev–Trinajstić information content (AvgIpc) is 3.60. The lowest BCUT2D eigenvalue weighted by atomic mass is 10.1. The number of rotatable bonds is 9. The summed E-state index contributed by atoms with van der Waals surface area (Å²) in [4.78, 5) is 21.2. The number of alkyl halides is 3. The van der Waals surface area contributed by atoms with E-state index in [1.165, 1.54) is 35.5 Å². The van der Waals surface area contributed by atoms with Crippen molar-refractivity contribution in [2.24, 2.45) is 11.1 Å². The van der Waals surface area contributed by atoms with Gasteiger partial charge in [-0.15, -0.1) is 0 Å². The Kier molecular flexibility index (Phi) is 9.34. The molecule has 0 spiro atoms. The van der Waals surface area contributed by atoms with Crippen LogP contribution < -0.4 is 10.5 Å². The fraction of sp³-hybridized carbons (Fsp3) is 0.455. The van der Waals surface area contributed by atoms with E-state index in [0.29, 0.717) is 5.82 Å². The number of halogens is 3. The molecule has 3 aromatic heterocycles. The largest absolute Gasteiger partial charge is 0.455 e. The SMILES string of the molecule is CC.NS(=O)OCC1CCC(Nc2ncncc2C(=O)c2ccn(Cc3ccc(C(F)(F)F)o3)n2)C1. The van der Waals surface area contributed by atoms with Gasteiger partial charge in [0.2, 0.25) is 22.8 Å². The fourth-order valence-electron chi connectivity index (χ4n) is 3.81. The maximum Gasteiger partial charge on any atom is 0.449 e. The number of hydrogen-bond acceptors (Lipinski definition) is 8. The van der Waals surface area contributed by atoms with Crippen LogP contribution in [0, 0.1) is 5.92 Å². The number of nitrogens with two attached hydrogens (primary N) is 1. The van der Waals surface area contributed by atoms with Gasteiger partial charge in [-0.25, -0.2) is 19.3 Å². The summed E-state index contributed by atoms with van der Waals surface area (Å²) in [5.74, 6) is -0.947. The summed E-state index contributed by atoms with van der Waals surface area (Å²) in [6, 6.07) is 3.55. The minimum absolute atomic E-state index is 0.0283. The molecule has 1 aliphatic rings. The summed E-state index contributed by atoms with van der Waals surface area (Å²) in [5.41, 5.74) is 0.302. The van der Waals surface area contributed by atoms with Crippen LogP contribution in [0.4, 0.5) is 19.0 Å². The zero-order chi connectivity index (χ0) is 26.3. The van der Waals surface area contributed by atoms with Crippen LogP contribution in [0.5, 0.6) is 0 Å². The Labute approximate surface area is 208 Å². The number of nitrogens with one attached hydrogen (secondary N) is 1. The third kappa shape index (κ3) is 7.21. The molecule has 1 aliphatic carbocycles. The van der Waals surface area contributed by atoms with Crippen molar-refractivity contribution in [2.45, 2.75) is 51.9 Å². The minimum Gasteiger partial charge on any atom is -0.455 e. The molecule has 0 aliphatic heterocycles. The van der Waals surface area contributed by atoms with Crippen LogP contribution in [-0.4, -0.2) is 42.4 Å². The first-order chi connectivity index (χ1) is 17.2. The molecule has 0 bridgehead atoms. The third-order valence-corrected chi connectivity index (χ3v) is 5.76. The first kappa shape index (κ1) is 27.5. The summed E-state index contributed by atoms with van der Waals surface area (Å²) in [7, 11) is 0. The molecule has 10 nitrogen and oxygen atoms in total. The number of carbonyl (C=O) groups excluding carboxylic acids is 1. The monoisotopic (exact) mass is 528 g/mol. The predicted molar refractivity (Wildman–Crippen MR) is 125 cm³/mol. The van der Waals surface area contributed by atoms with E-state index in [-0.39, 0.29) is 42.1 Å². The Morgan fingerprint density at radius 3 is 2.78 bits per heavy atom. The molecule has 4 rings (SSSR count). The Morgan fingerprint density at radius 2 is 2.08 bits per heavy atom. The normalized spacial score (nSPS) is 18.4. The summed E-state index contributed by atoms with van der Waals surface area (Å²) in [6.45, 7) is 4.22. The van der Waals surface area contributed by atoms with E-state index in [1.54, 1.807) is 0 Å². The van der Waals surface area contributed by atoms with Gasteiger partial charge in [-0.2, -0.15) is 18.3 Å². The Bertz CT molecular complexity index is 1180. The second-order valence-corrected chi connectivity index (χ2v) is 8.60. The van der Waals surface area contributed by atoms with Crippen molar-refractivity contribution >= 4 is 22.9 Å². The number of aromatic nitrogens is 4. The van der Waals surface area contributed by atoms with Gasteiger partial charge >= 0.3 is 6.18 Å². The van der Waals surface area contributed by atoms with Crippen molar-refractivity contribution in [2.75, 3.05) is 11.9 Å². The molecule has 3 atom stereocenters. The highest BCUT2D eigenvalue weighted by molar-refractivity contribution is 7.77. The number of furan rings is 1. The van der Waals surface area contributed by atoms with Crippen LogP contribution in [0.25, 0.3) is 0 Å². The van der Waals surface area contributed by atoms with Crippen LogP contribution in [0.3, 0.4) is 0 Å². The second-order valence-electron chi connectivity index (χ2n) is 7.84. The molecule has 3 N–H and O–H groups in total. The standard InChI is InChI=1S/C20H21F3N6O4S.C2H6/c21-20(22,23)17-4-3-14(33-17)9-29-6-5-16(28-29)18(30)15-8-25-11-26-19(15)27-13-2-1-12(7-13)10-32-34(24)31;1-2/h3-6,8,11-13H,1-2,7,9-10,24H2,(H,25,26,27);1-2H3. The van der Waals surface area contributed by atoms with Gasteiger partial charge in [-0.05, 0) is 43.4 Å². The lowest BCUT2D eigenvalue weighted by molar-refractivity contribution is -0.153. The molecule has 0 amide bonds. The predicted octanol–water partition coefficient (Wildman–Crippen LogP) is 3.73. The lowest BCUT2D eigenvalue weighted by Gasteiger charge is -2.15. The number of carbonyl (C=O) groups is 1. The molecule has 1 fully saturated rings. The van der Waals surface area contributed by atoms with Gasteiger partial charge in [0.15, 0.2) is 0 Å². The van der Waals surface area contributed by atoms with Crippen molar-refractivity contribution < 1.29 is 30.8 Å². The van der Waals surface area contributed by atoms with Crippen LogP contribution >= 0.6 is 0 Å². The maximum absolute atomic E-state index is 13.0. The molecule has 3 aromatic rings. The highest BCUT2D eigenvalue weighted by Gasteiger charge is 2.34. The number of ketones is 1. The maximum atomic E-state index is 13.0. The molecule has 196 valence electrons. The summed E-state index contributed by atoms with van der Waals surface area (Å²) in [6.07, 6.45) is 1.98. The molecule has 3 heterocycles. The van der Waals surface area contributed by atoms with Crippen LogP contribution in [0.15, 0.2) is 41.3 Å². The smallest absolute Gasteiger partial charge is 0.449 e. The molecular formula is C22H27F3N6O4S. The van der Waals surface area contributed by atoms with Gasteiger partial charge in [0, 0.05) is 18.4 Å². The molecule has 0 radical (unpaired) electrons. The number of hydrogen-bond donors (Lipinski definition) is 2. The van der Waals surface area contributed by atoms with Gasteiger partial charge in [-0.3, -0.25) is 13.7 Å². The minimum atomic E-state index is -4.57. The zero-order valence-electron chi connectivity index (χ0n) is 19.7. The number of nitrogens with zero attached hydrogens (tertiary/aromatic N) is 4. The first-order valence-corrected chi connectivity index (χ1v) is 12.4. The highest BCUT2D eigenvalue weighted by Crippen LogP contribution is 2.31. The summed E-state index contributed by atoms with van der Waals surface area (Å²) >= 11 is -1.81. The average molecular weight is 529 g/mol. The second kappa shape index (κ2) is 12.2. The van der Waals surface area contributed by atoms with E-state index in [4.69, 9.17) is 13.7 Å². The fourth-order valence-corrected chi connectivity index (χ4v) is 4.14. The first-order valence-electron chi connectivity index (χ1n) is 11.3. The molecular weight excluding hydrogens is 501 g/mol. The van der Waals surface area contributed by atoms with E-state index in [1.807, 2.05) is 13.8 Å². The molecule has 36 heavy (non-hydrogen) atoms. The molecule has 3 unspecified atom stereocenters. The van der Waals surface area contributed by atoms with Gasteiger partial charge in [0.25, 0.3) is 0 Å². The molecule has 1 saturated carbocycles. The van der Waals surface area contributed by atoms with Crippen molar-refractivity contribution in [3.8, 4) is 0 Å². The van der Waals surface area contributed by atoms with Gasteiger partial charge in [0.1, 0.15) is 23.6 Å². The zero-order valence-corrected chi connectivity index (χ0v) is 20.5. The summed E-state index contributed by atoms with van der Waals surface area (Å²) in [5, 5.41) is 12.5. The molecule has 0 aromatic carbocycles. The van der Waals surface area contributed by atoms with Crippen molar-refractivity contribution in [3.05, 3.63) is 59.7 Å². The van der Waals surface area contributed by atoms with E-state index in [2.05, 4.69) is 20.4 Å². The highest BCUT2D eigenvalue weighted by atomic mass is 32.2. The van der Waals surface area contributed by atoms with Crippen LogP contribution in [0.1, 0.15) is 60.7 Å². The van der Waals surface area contributed by atoms with Crippen molar-refractivity contribution in [1.82, 2.24) is 19.7 Å². The van der Waals surface area contributed by atoms with Gasteiger partial charge < -0.3 is 9.73 Å². The lowest BCUT2D eigenvalue weighted by Crippen LogP contribution is -2.20. The van der Waals surface area contributed by atoms with E-state index in [9.17, 15) is 22.2 Å². The number of anilines is 1. The Balaban J connectivity index is 0.00000176. The van der Waals surface area contributed by atoms with Crippen molar-refractivity contribution in [1.29, 1.82) is 0 Å². The third-order valence-electron chi connectivity index (χ3n) is 5.39. The Hall–Kier alpha value is -3.10. The van der Waals surface area contributed by atoms with Gasteiger partial charge in [0.05, 0.1) is 18.7 Å². The van der Waals surface area contributed by atoms with E-state index < -0.39 is 29.0 Å². The van der Waals surface area contributed by atoms with E-state index in [0.717, 1.165) is 25.3 Å². The Morgan fingerprint density at radius 1 is 1.31 bits per heavy atom.